The van der Waals surface area contributed by atoms with Gasteiger partial charge in [-0.25, -0.2) is 9.38 Å². The maximum Gasteiger partial charge on any atom is 0.253 e. The van der Waals surface area contributed by atoms with E-state index in [9.17, 15) is 14.3 Å². The van der Waals surface area contributed by atoms with Crippen LogP contribution < -0.4 is 9.47 Å². The Balaban J connectivity index is 1.56. The Bertz CT molecular complexity index is 1560. The number of rotatable bonds is 7. The second-order valence-corrected chi connectivity index (χ2v) is 9.25. The van der Waals surface area contributed by atoms with Gasteiger partial charge in [0.15, 0.2) is 17.4 Å². The molecule has 0 radical (unpaired) electrons. The van der Waals surface area contributed by atoms with Crippen LogP contribution in [-0.2, 0) is 0 Å². The van der Waals surface area contributed by atoms with E-state index in [0.717, 1.165) is 6.54 Å². The number of nitrogens with zero attached hydrogens (tertiary/aromatic N) is 3. The number of H-pyrrole nitrogens is 1. The average molecular weight is 515 g/mol. The van der Waals surface area contributed by atoms with Gasteiger partial charge in [0.05, 0.1) is 22.5 Å². The molecule has 8 nitrogen and oxygen atoms in total. The molecular weight excluding hydrogens is 487 g/mol. The second kappa shape index (κ2) is 10.4. The fraction of sp³-hybridized carbons (Fsp3) is 0.172. The predicted octanol–water partition coefficient (Wildman–Crippen LogP) is 5.06. The lowest BCUT2D eigenvalue weighted by Crippen LogP contribution is -2.33. The highest BCUT2D eigenvalue weighted by Crippen LogP contribution is 2.36. The van der Waals surface area contributed by atoms with Crippen LogP contribution in [-0.4, -0.2) is 65.7 Å². The maximum atomic E-state index is 13.9. The number of amides is 1. The third kappa shape index (κ3) is 5.09. The van der Waals surface area contributed by atoms with Crippen molar-refractivity contribution in [1.29, 1.82) is 0 Å². The van der Waals surface area contributed by atoms with Crippen molar-refractivity contribution >= 4 is 28.2 Å². The number of benzene rings is 3. The minimum Gasteiger partial charge on any atom is -0.494 e. The van der Waals surface area contributed by atoms with Gasteiger partial charge in [-0.3, -0.25) is 4.79 Å². The van der Waals surface area contributed by atoms with Gasteiger partial charge in [0, 0.05) is 36.7 Å². The number of aromatic amines is 1. The van der Waals surface area contributed by atoms with Crippen molar-refractivity contribution in [2.24, 2.45) is 4.99 Å². The van der Waals surface area contributed by atoms with Crippen LogP contribution in [0.15, 0.2) is 78.2 Å². The number of hydrogen-bond donors (Lipinski definition) is 2. The quantitative estimate of drug-likeness (QED) is 0.337. The molecule has 0 aliphatic carbocycles. The molecule has 4 aromatic rings. The van der Waals surface area contributed by atoms with Gasteiger partial charge in [-0.15, -0.1) is 0 Å². The third-order valence-corrected chi connectivity index (χ3v) is 6.22. The molecular formula is C29H27FN4O4. The molecule has 9 heteroatoms. The van der Waals surface area contributed by atoms with Crippen molar-refractivity contribution in [2.75, 3.05) is 34.2 Å². The molecule has 2 heterocycles. The highest BCUT2D eigenvalue weighted by molar-refractivity contribution is 6.22. The molecule has 1 amide bonds. The summed E-state index contributed by atoms with van der Waals surface area (Å²) in [5.74, 6) is 0.379. The lowest BCUT2D eigenvalue weighted by molar-refractivity contribution is 0.0786. The number of carbonyl (C=O) groups excluding carboxylic acids is 1. The third-order valence-electron chi connectivity index (χ3n) is 6.22. The summed E-state index contributed by atoms with van der Waals surface area (Å²) in [5, 5.41) is 11.5. The zero-order valence-corrected chi connectivity index (χ0v) is 21.2. The predicted molar refractivity (Wildman–Crippen MR) is 144 cm³/mol. The lowest BCUT2D eigenvalue weighted by atomic mass is 10.00. The number of halogens is 1. The Labute approximate surface area is 219 Å². The van der Waals surface area contributed by atoms with Crippen molar-refractivity contribution in [2.45, 2.75) is 0 Å². The van der Waals surface area contributed by atoms with Crippen LogP contribution in [0.3, 0.4) is 0 Å². The largest absolute Gasteiger partial charge is 0.494 e. The fourth-order valence-electron chi connectivity index (χ4n) is 4.19. The highest BCUT2D eigenvalue weighted by Gasteiger charge is 2.21. The molecule has 1 aliphatic heterocycles. The van der Waals surface area contributed by atoms with Gasteiger partial charge in [-0.1, -0.05) is 0 Å². The van der Waals surface area contributed by atoms with E-state index in [1.165, 1.54) is 24.7 Å². The molecule has 194 valence electrons. The molecule has 0 bridgehead atoms. The zero-order chi connectivity index (χ0) is 26.8. The van der Waals surface area contributed by atoms with Crippen molar-refractivity contribution in [3.8, 4) is 17.4 Å². The first kappa shape index (κ1) is 25.0. The van der Waals surface area contributed by atoms with Crippen LogP contribution in [0.1, 0.15) is 21.5 Å². The molecule has 2 N–H and O–H groups in total. The van der Waals surface area contributed by atoms with E-state index in [-0.39, 0.29) is 11.8 Å². The number of aliphatic imine (C=N–C) groups is 1. The zero-order valence-electron chi connectivity index (χ0n) is 21.2. The number of likely N-dealkylation sites (N-methyl/N-ethyl adjacent to an activating group) is 2. The van der Waals surface area contributed by atoms with Gasteiger partial charge < -0.3 is 29.4 Å². The van der Waals surface area contributed by atoms with Gasteiger partial charge in [-0.05, 0) is 74.8 Å². The minimum absolute atomic E-state index is 0.0845. The summed E-state index contributed by atoms with van der Waals surface area (Å²) in [6.07, 6.45) is 2.87. The number of nitrogens with one attached hydrogen (secondary N) is 1. The second-order valence-electron chi connectivity index (χ2n) is 9.25. The molecule has 38 heavy (non-hydrogen) atoms. The summed E-state index contributed by atoms with van der Waals surface area (Å²) >= 11 is 0. The number of aromatic hydroxyl groups is 1. The van der Waals surface area contributed by atoms with E-state index in [2.05, 4.69) is 4.98 Å². The highest BCUT2D eigenvalue weighted by atomic mass is 19.1. The van der Waals surface area contributed by atoms with Crippen molar-refractivity contribution in [3.63, 3.8) is 0 Å². The monoisotopic (exact) mass is 514 g/mol. The number of aromatic nitrogens is 1. The van der Waals surface area contributed by atoms with Crippen LogP contribution in [0.4, 0.5) is 10.1 Å². The summed E-state index contributed by atoms with van der Waals surface area (Å²) in [6.45, 7) is 1.37. The standard InChI is InChI=1S/C29H27FN4O4/c1-33(2)12-13-34(3)29(36)18-4-8-21(9-5-18)31-27(19-6-11-24-25(16-19)38-15-14-37-24)26-22-10-7-20(30)17-23(22)32-28(26)35/h4-11,14-17,32,35H,12-13H2,1-3H3. The molecule has 0 atom stereocenters. The molecule has 5 rings (SSSR count). The van der Waals surface area contributed by atoms with Gasteiger partial charge in [-0.2, -0.15) is 0 Å². The van der Waals surface area contributed by atoms with E-state index in [4.69, 9.17) is 14.5 Å². The smallest absolute Gasteiger partial charge is 0.253 e. The SMILES string of the molecule is CN(C)CCN(C)C(=O)c1ccc(N=C(c2ccc3c(c2)OC=CO3)c2c(O)[nH]c3cc(F)ccc23)cc1. The number of carbonyl (C=O) groups is 1. The van der Waals surface area contributed by atoms with Crippen LogP contribution in [0, 0.1) is 5.82 Å². The molecule has 0 saturated heterocycles. The Kier molecular flexibility index (Phi) is 6.85. The molecule has 0 saturated carbocycles. The minimum atomic E-state index is -0.425. The lowest BCUT2D eigenvalue weighted by Gasteiger charge is -2.19. The van der Waals surface area contributed by atoms with E-state index >= 15 is 0 Å². The van der Waals surface area contributed by atoms with E-state index < -0.39 is 5.82 Å². The normalized spacial score (nSPS) is 12.8. The summed E-state index contributed by atoms with van der Waals surface area (Å²) in [5.41, 5.74) is 3.04. The van der Waals surface area contributed by atoms with Crippen LogP contribution >= 0.6 is 0 Å². The summed E-state index contributed by atoms with van der Waals surface area (Å²) < 4.78 is 24.9. The Hall–Kier alpha value is -4.63. The van der Waals surface area contributed by atoms with Crippen molar-refractivity contribution in [1.82, 2.24) is 14.8 Å². The summed E-state index contributed by atoms with van der Waals surface area (Å²) in [6, 6.07) is 16.5. The fourth-order valence-corrected chi connectivity index (χ4v) is 4.19. The summed E-state index contributed by atoms with van der Waals surface area (Å²) in [7, 11) is 5.70. The van der Waals surface area contributed by atoms with E-state index in [0.29, 0.717) is 57.0 Å². The van der Waals surface area contributed by atoms with Crippen LogP contribution in [0.5, 0.6) is 17.4 Å². The summed E-state index contributed by atoms with van der Waals surface area (Å²) in [4.78, 5) is 24.2. The van der Waals surface area contributed by atoms with Gasteiger partial charge >= 0.3 is 0 Å². The number of fused-ring (bicyclic) bond motifs is 2. The van der Waals surface area contributed by atoms with Gasteiger partial charge in [0.25, 0.3) is 5.91 Å². The van der Waals surface area contributed by atoms with Gasteiger partial charge in [0.1, 0.15) is 18.3 Å². The maximum absolute atomic E-state index is 13.9. The average Bonchev–Trinajstić information content (AvgIpc) is 3.24. The number of hydrogen-bond acceptors (Lipinski definition) is 6. The Morgan fingerprint density at radius 1 is 0.921 bits per heavy atom. The van der Waals surface area contributed by atoms with Crippen molar-refractivity contribution < 1.29 is 23.8 Å². The molecule has 1 aliphatic rings. The topological polar surface area (TPSA) is 90.4 Å². The molecule has 0 unspecified atom stereocenters. The first-order valence-corrected chi connectivity index (χ1v) is 12.0. The molecule has 0 fully saturated rings. The van der Waals surface area contributed by atoms with E-state index in [1.807, 2.05) is 19.0 Å². The molecule has 1 aromatic heterocycles. The Morgan fingerprint density at radius 3 is 2.37 bits per heavy atom. The van der Waals surface area contributed by atoms with E-state index in [1.54, 1.807) is 60.5 Å². The molecule has 0 spiro atoms. The first-order valence-electron chi connectivity index (χ1n) is 12.0. The Morgan fingerprint density at radius 2 is 1.63 bits per heavy atom. The van der Waals surface area contributed by atoms with Crippen LogP contribution in [0.2, 0.25) is 0 Å². The van der Waals surface area contributed by atoms with Crippen LogP contribution in [0.25, 0.3) is 10.9 Å². The van der Waals surface area contributed by atoms with Crippen molar-refractivity contribution in [3.05, 3.63) is 95.7 Å². The first-order chi connectivity index (χ1) is 18.3. The van der Waals surface area contributed by atoms with Gasteiger partial charge in [0.2, 0.25) is 0 Å². The number of ether oxygens (including phenoxy) is 2. The molecule has 3 aromatic carbocycles.